The van der Waals surface area contributed by atoms with E-state index in [-0.39, 0.29) is 14.8 Å². The van der Waals surface area contributed by atoms with Crippen LogP contribution in [0.1, 0.15) is 73.6 Å². The van der Waals surface area contributed by atoms with E-state index in [4.69, 9.17) is 11.6 Å². The monoisotopic (exact) mass is 679 g/mol. The maximum absolute atomic E-state index is 12.0. The quantitative estimate of drug-likeness (QED) is 0.182. The van der Waals surface area contributed by atoms with Crippen molar-refractivity contribution in [3.8, 4) is 0 Å². The fourth-order valence-corrected chi connectivity index (χ4v) is 15.9. The highest BCUT2D eigenvalue weighted by atomic mass is 35.5. The van der Waals surface area contributed by atoms with Gasteiger partial charge in [-0.05, 0) is 47.8 Å². The zero-order chi connectivity index (χ0) is 32.6. The van der Waals surface area contributed by atoms with E-state index < -0.39 is 27.9 Å². The molecule has 0 spiro atoms. The molecule has 0 unspecified atom stereocenters. The average molecular weight is 680 g/mol. The standard InChI is InChI=1S/C17H27ClN2O2SSi.C14H19N3O2S/c1-11(2)24(12(3)4,13(5)6)20-9-8-14-16(18)15(23(7,21)22)10-19-17(14)20;1-20(18,19)12-9-16-14-11(7-8-15-14)13(12)17-10-5-3-2-4-6-10/h8-13H,1-7H3;7-10H,2-6H2,1H3,(H2,15,16,17). The molecule has 0 amide bonds. The molecule has 0 aliphatic heterocycles. The Morgan fingerprint density at radius 1 is 0.864 bits per heavy atom. The van der Waals surface area contributed by atoms with Gasteiger partial charge in [0.2, 0.25) is 0 Å². The molecule has 2 N–H and O–H groups in total. The fraction of sp³-hybridized carbons (Fsp3) is 0.548. The molecule has 5 rings (SSSR count). The van der Waals surface area contributed by atoms with E-state index in [0.29, 0.717) is 28.4 Å². The summed E-state index contributed by atoms with van der Waals surface area (Å²) in [5.74, 6) is 0. The highest BCUT2D eigenvalue weighted by Crippen LogP contribution is 2.45. The summed E-state index contributed by atoms with van der Waals surface area (Å²) in [5, 5.41) is 5.29. The molecule has 4 aromatic heterocycles. The molecule has 0 saturated heterocycles. The van der Waals surface area contributed by atoms with Gasteiger partial charge in [-0.1, -0.05) is 72.4 Å². The molecule has 1 aliphatic carbocycles. The van der Waals surface area contributed by atoms with E-state index in [1.165, 1.54) is 37.9 Å². The van der Waals surface area contributed by atoms with Crippen molar-refractivity contribution in [1.82, 2.24) is 19.2 Å². The first-order valence-corrected chi connectivity index (χ1v) is 21.6. The number of H-pyrrole nitrogens is 1. The number of halogens is 1. The predicted molar refractivity (Wildman–Crippen MR) is 184 cm³/mol. The summed E-state index contributed by atoms with van der Waals surface area (Å²) in [7, 11) is -8.64. The van der Waals surface area contributed by atoms with Crippen LogP contribution in [0.4, 0.5) is 5.69 Å². The topological polar surface area (TPSA) is 127 Å². The van der Waals surface area contributed by atoms with Crippen LogP contribution in [0, 0.1) is 0 Å². The number of aromatic amines is 1. The number of hydrogen-bond donors (Lipinski definition) is 2. The minimum atomic E-state index is -3.39. The maximum atomic E-state index is 12.0. The summed E-state index contributed by atoms with van der Waals surface area (Å²) >= 11 is 6.41. The van der Waals surface area contributed by atoms with Gasteiger partial charge in [0.05, 0.1) is 16.9 Å². The molecular weight excluding hydrogens is 634 g/mol. The molecule has 1 fully saturated rings. The fourth-order valence-electron chi connectivity index (χ4n) is 7.31. The van der Waals surface area contributed by atoms with Gasteiger partial charge in [0, 0.05) is 41.7 Å². The molecule has 0 bridgehead atoms. The highest BCUT2D eigenvalue weighted by Gasteiger charge is 2.46. The van der Waals surface area contributed by atoms with Crippen LogP contribution in [0.5, 0.6) is 0 Å². The second kappa shape index (κ2) is 13.1. The average Bonchev–Trinajstić information content (AvgIpc) is 3.57. The van der Waals surface area contributed by atoms with Crippen LogP contribution in [-0.4, -0.2) is 62.8 Å². The smallest absolute Gasteiger partial charge is 0.179 e. The van der Waals surface area contributed by atoms with Crippen LogP contribution in [0.25, 0.3) is 22.1 Å². The van der Waals surface area contributed by atoms with E-state index in [1.807, 2.05) is 12.1 Å². The second-order valence-electron chi connectivity index (χ2n) is 13.0. The van der Waals surface area contributed by atoms with Crippen molar-refractivity contribution in [2.75, 3.05) is 17.8 Å². The predicted octanol–water partition coefficient (Wildman–Crippen LogP) is 7.83. The lowest BCUT2D eigenvalue weighted by molar-refractivity contribution is 0.462. The minimum Gasteiger partial charge on any atom is -0.381 e. The normalized spacial score (nSPS) is 15.4. The molecule has 0 aromatic carbocycles. The number of pyridine rings is 2. The van der Waals surface area contributed by atoms with Gasteiger partial charge in [-0.3, -0.25) is 0 Å². The van der Waals surface area contributed by atoms with Gasteiger partial charge in [0.25, 0.3) is 0 Å². The molecule has 0 radical (unpaired) electrons. The van der Waals surface area contributed by atoms with Gasteiger partial charge >= 0.3 is 0 Å². The Balaban J connectivity index is 0.000000204. The summed E-state index contributed by atoms with van der Waals surface area (Å²) in [4.78, 5) is 12.1. The van der Waals surface area contributed by atoms with E-state index >= 15 is 0 Å². The largest absolute Gasteiger partial charge is 0.381 e. The van der Waals surface area contributed by atoms with Crippen LogP contribution >= 0.6 is 11.6 Å². The van der Waals surface area contributed by atoms with Gasteiger partial charge in [0.1, 0.15) is 21.1 Å². The van der Waals surface area contributed by atoms with Gasteiger partial charge in [-0.25, -0.2) is 26.8 Å². The highest BCUT2D eigenvalue weighted by molar-refractivity contribution is 7.91. The first-order chi connectivity index (χ1) is 20.5. The number of aromatic nitrogens is 4. The lowest BCUT2D eigenvalue weighted by Gasteiger charge is -2.44. The summed E-state index contributed by atoms with van der Waals surface area (Å²) in [6.07, 6.45) is 14.9. The molecule has 4 heterocycles. The molecule has 0 atom stereocenters. The third-order valence-electron chi connectivity index (χ3n) is 9.11. The van der Waals surface area contributed by atoms with Crippen molar-refractivity contribution >= 4 is 67.3 Å². The molecule has 1 saturated carbocycles. The first kappa shape index (κ1) is 34.5. The summed E-state index contributed by atoms with van der Waals surface area (Å²) in [5.41, 5.74) is 3.77. The van der Waals surface area contributed by atoms with Crippen LogP contribution in [0.2, 0.25) is 21.6 Å². The molecule has 1 aliphatic rings. The van der Waals surface area contributed by atoms with Crippen molar-refractivity contribution in [3.63, 3.8) is 0 Å². The second-order valence-corrected chi connectivity index (χ2v) is 23.0. The van der Waals surface area contributed by atoms with Crippen molar-refractivity contribution in [1.29, 1.82) is 0 Å². The number of anilines is 1. The number of rotatable bonds is 8. The van der Waals surface area contributed by atoms with Gasteiger partial charge in [-0.2, -0.15) is 0 Å². The minimum absolute atomic E-state index is 0.0975. The lowest BCUT2D eigenvalue weighted by atomic mass is 9.95. The Kier molecular flexibility index (Phi) is 10.3. The number of sulfone groups is 2. The Morgan fingerprint density at radius 3 is 1.98 bits per heavy atom. The van der Waals surface area contributed by atoms with Crippen molar-refractivity contribution < 1.29 is 16.8 Å². The number of hydrogen-bond acceptors (Lipinski definition) is 7. The van der Waals surface area contributed by atoms with Gasteiger partial charge in [-0.15, -0.1) is 0 Å². The van der Waals surface area contributed by atoms with Crippen molar-refractivity contribution in [2.45, 2.75) is 106 Å². The Bertz CT molecular complexity index is 1820. The summed E-state index contributed by atoms with van der Waals surface area (Å²) < 4.78 is 50.1. The Morgan fingerprint density at radius 2 is 1.43 bits per heavy atom. The van der Waals surface area contributed by atoms with Crippen LogP contribution in [0.3, 0.4) is 0 Å². The van der Waals surface area contributed by atoms with E-state index in [1.54, 1.807) is 6.20 Å². The Labute approximate surface area is 268 Å². The number of fused-ring (bicyclic) bond motifs is 2. The van der Waals surface area contributed by atoms with Crippen molar-refractivity contribution in [3.05, 3.63) is 41.9 Å². The third-order valence-corrected chi connectivity index (χ3v) is 18.6. The zero-order valence-electron chi connectivity index (χ0n) is 27.0. The van der Waals surface area contributed by atoms with E-state index in [9.17, 15) is 16.8 Å². The Hall–Kier alpha value is -2.41. The third kappa shape index (κ3) is 6.59. The number of nitrogens with zero attached hydrogens (tertiary/aromatic N) is 3. The number of nitrogens with one attached hydrogen (secondary N) is 2. The van der Waals surface area contributed by atoms with Gasteiger partial charge in [0.15, 0.2) is 27.9 Å². The van der Waals surface area contributed by atoms with Crippen LogP contribution in [-0.2, 0) is 19.7 Å². The summed E-state index contributed by atoms with van der Waals surface area (Å²) in [6, 6.07) is 4.14. The molecule has 44 heavy (non-hydrogen) atoms. The first-order valence-electron chi connectivity index (χ1n) is 15.3. The molecule has 13 heteroatoms. The molecular formula is C31H46ClN5O4S2Si. The lowest BCUT2D eigenvalue weighted by Crippen LogP contribution is -2.51. The maximum Gasteiger partial charge on any atom is 0.179 e. The SMILES string of the molecule is CC(C)[Si](C(C)C)(C(C)C)n1ccc2c(Cl)c(S(C)(=O)=O)cnc21.CS(=O)(=O)c1cnc2[nH]ccc2c1NC1CCCCC1. The molecule has 4 aromatic rings. The molecule has 242 valence electrons. The van der Waals surface area contributed by atoms with Crippen LogP contribution < -0.4 is 5.32 Å². The van der Waals surface area contributed by atoms with E-state index in [2.05, 4.69) is 72.2 Å². The van der Waals surface area contributed by atoms with E-state index in [0.717, 1.165) is 41.2 Å². The van der Waals surface area contributed by atoms with Crippen molar-refractivity contribution in [2.24, 2.45) is 0 Å². The molecule has 9 nitrogen and oxygen atoms in total. The van der Waals surface area contributed by atoms with Crippen LogP contribution in [0.15, 0.2) is 46.7 Å². The zero-order valence-corrected chi connectivity index (χ0v) is 30.4. The van der Waals surface area contributed by atoms with Gasteiger partial charge < -0.3 is 14.5 Å². The summed E-state index contributed by atoms with van der Waals surface area (Å²) in [6.45, 7) is 13.7.